The van der Waals surface area contributed by atoms with Crippen molar-refractivity contribution in [1.29, 1.82) is 0 Å². The SMILES string of the molecule is COC(C)(C)CC(O)Cc1c(Br)c(C)nn1C. The molecule has 1 aromatic rings. The van der Waals surface area contributed by atoms with Gasteiger partial charge < -0.3 is 9.84 Å². The first-order valence-electron chi connectivity index (χ1n) is 5.68. The molecule has 0 aliphatic heterocycles. The number of aromatic nitrogens is 2. The minimum Gasteiger partial charge on any atom is -0.393 e. The topological polar surface area (TPSA) is 47.3 Å². The number of rotatable bonds is 5. The highest BCUT2D eigenvalue weighted by molar-refractivity contribution is 9.10. The summed E-state index contributed by atoms with van der Waals surface area (Å²) in [5.74, 6) is 0. The van der Waals surface area contributed by atoms with Crippen LogP contribution in [0.15, 0.2) is 4.47 Å². The third-order valence-electron chi connectivity index (χ3n) is 2.97. The fraction of sp³-hybridized carbons (Fsp3) is 0.750. The molecular formula is C12H21BrN2O2. The molecule has 4 nitrogen and oxygen atoms in total. The van der Waals surface area contributed by atoms with Crippen molar-refractivity contribution >= 4 is 15.9 Å². The first-order chi connectivity index (χ1) is 7.76. The summed E-state index contributed by atoms with van der Waals surface area (Å²) in [6.45, 7) is 5.89. The van der Waals surface area contributed by atoms with Gasteiger partial charge in [-0.2, -0.15) is 5.10 Å². The molecule has 17 heavy (non-hydrogen) atoms. The summed E-state index contributed by atoms with van der Waals surface area (Å²) in [7, 11) is 3.55. The summed E-state index contributed by atoms with van der Waals surface area (Å²) < 4.78 is 8.11. The number of aryl methyl sites for hydroxylation is 2. The van der Waals surface area contributed by atoms with Gasteiger partial charge in [0.15, 0.2) is 0 Å². The van der Waals surface area contributed by atoms with Crippen molar-refractivity contribution in [2.75, 3.05) is 7.11 Å². The maximum Gasteiger partial charge on any atom is 0.0738 e. The van der Waals surface area contributed by atoms with Gasteiger partial charge in [-0.1, -0.05) is 0 Å². The van der Waals surface area contributed by atoms with Crippen LogP contribution in [0, 0.1) is 6.92 Å². The minimum atomic E-state index is -0.434. The highest BCUT2D eigenvalue weighted by Gasteiger charge is 2.23. The van der Waals surface area contributed by atoms with E-state index in [1.807, 2.05) is 32.5 Å². The Morgan fingerprint density at radius 3 is 2.53 bits per heavy atom. The smallest absolute Gasteiger partial charge is 0.0738 e. The Morgan fingerprint density at radius 2 is 2.12 bits per heavy atom. The summed E-state index contributed by atoms with van der Waals surface area (Å²) in [6.07, 6.45) is 0.737. The second kappa shape index (κ2) is 5.50. The second-order valence-corrected chi connectivity index (χ2v) is 5.79. The van der Waals surface area contributed by atoms with Crippen molar-refractivity contribution < 1.29 is 9.84 Å². The van der Waals surface area contributed by atoms with Crippen LogP contribution in [0.1, 0.15) is 31.7 Å². The van der Waals surface area contributed by atoms with E-state index in [4.69, 9.17) is 4.74 Å². The Kier molecular flexibility index (Phi) is 4.75. The molecule has 0 radical (unpaired) electrons. The van der Waals surface area contributed by atoms with Crippen molar-refractivity contribution in [3.8, 4) is 0 Å². The molecule has 1 aromatic heterocycles. The third kappa shape index (κ3) is 3.79. The molecule has 1 unspecified atom stereocenters. The zero-order chi connectivity index (χ0) is 13.2. The number of aliphatic hydroxyl groups excluding tert-OH is 1. The van der Waals surface area contributed by atoms with Gasteiger partial charge in [-0.25, -0.2) is 0 Å². The molecule has 0 fully saturated rings. The molecule has 0 bridgehead atoms. The number of methoxy groups -OCH3 is 1. The fourth-order valence-electron chi connectivity index (χ4n) is 1.85. The van der Waals surface area contributed by atoms with Crippen LogP contribution in [-0.4, -0.2) is 33.7 Å². The second-order valence-electron chi connectivity index (χ2n) is 5.00. The van der Waals surface area contributed by atoms with Crippen molar-refractivity contribution in [3.63, 3.8) is 0 Å². The molecule has 1 rings (SSSR count). The summed E-state index contributed by atoms with van der Waals surface area (Å²) in [4.78, 5) is 0. The van der Waals surface area contributed by atoms with Crippen LogP contribution in [0.4, 0.5) is 0 Å². The summed E-state index contributed by atoms with van der Waals surface area (Å²) in [6, 6.07) is 0. The summed E-state index contributed by atoms with van der Waals surface area (Å²) in [5, 5.41) is 14.4. The van der Waals surface area contributed by atoms with E-state index in [-0.39, 0.29) is 5.60 Å². The summed E-state index contributed by atoms with van der Waals surface area (Å²) >= 11 is 3.50. The van der Waals surface area contributed by atoms with Crippen molar-refractivity contribution in [2.24, 2.45) is 7.05 Å². The van der Waals surface area contributed by atoms with Crippen LogP contribution in [0.25, 0.3) is 0 Å². The van der Waals surface area contributed by atoms with Gasteiger partial charge in [-0.05, 0) is 36.7 Å². The summed E-state index contributed by atoms with van der Waals surface area (Å²) in [5.41, 5.74) is 1.65. The van der Waals surface area contributed by atoms with Gasteiger partial charge >= 0.3 is 0 Å². The third-order valence-corrected chi connectivity index (χ3v) is 4.00. The molecule has 0 aliphatic carbocycles. The number of aliphatic hydroxyl groups is 1. The quantitative estimate of drug-likeness (QED) is 0.907. The zero-order valence-electron chi connectivity index (χ0n) is 11.1. The highest BCUT2D eigenvalue weighted by Crippen LogP contribution is 2.24. The molecule has 0 aromatic carbocycles. The molecule has 98 valence electrons. The van der Waals surface area contributed by atoms with E-state index in [0.717, 1.165) is 15.9 Å². The van der Waals surface area contributed by atoms with Gasteiger partial charge in [-0.3, -0.25) is 4.68 Å². The number of halogens is 1. The molecular weight excluding hydrogens is 284 g/mol. The monoisotopic (exact) mass is 304 g/mol. The molecule has 0 saturated heterocycles. The lowest BCUT2D eigenvalue weighted by molar-refractivity contribution is -0.0194. The van der Waals surface area contributed by atoms with E-state index in [0.29, 0.717) is 12.8 Å². The Morgan fingerprint density at radius 1 is 1.53 bits per heavy atom. The van der Waals surface area contributed by atoms with Gasteiger partial charge in [0.1, 0.15) is 0 Å². The lowest BCUT2D eigenvalue weighted by atomic mass is 9.98. The molecule has 1 atom stereocenters. The van der Waals surface area contributed by atoms with E-state index in [9.17, 15) is 5.11 Å². The minimum absolute atomic E-state index is 0.306. The number of ether oxygens (including phenoxy) is 1. The van der Waals surface area contributed by atoms with Gasteiger partial charge in [0.25, 0.3) is 0 Å². The first-order valence-corrected chi connectivity index (χ1v) is 6.47. The fourth-order valence-corrected chi connectivity index (χ4v) is 2.35. The van der Waals surface area contributed by atoms with E-state index < -0.39 is 6.10 Å². The largest absolute Gasteiger partial charge is 0.393 e. The predicted molar refractivity (Wildman–Crippen MR) is 71.1 cm³/mol. The molecule has 0 aliphatic rings. The van der Waals surface area contributed by atoms with Gasteiger partial charge in [0.2, 0.25) is 0 Å². The Labute approximate surface area is 111 Å². The lowest BCUT2D eigenvalue weighted by Gasteiger charge is -2.25. The Hall–Kier alpha value is -0.390. The van der Waals surface area contributed by atoms with Gasteiger partial charge in [0.05, 0.1) is 27.6 Å². The zero-order valence-corrected chi connectivity index (χ0v) is 12.7. The van der Waals surface area contributed by atoms with Crippen LogP contribution in [-0.2, 0) is 18.2 Å². The van der Waals surface area contributed by atoms with Crippen LogP contribution >= 0.6 is 15.9 Å². The standard InChI is InChI=1S/C12H21BrN2O2/c1-8-11(13)10(15(4)14-8)6-9(16)7-12(2,3)17-5/h9,16H,6-7H2,1-5H3. The predicted octanol–water partition coefficient (Wildman–Crippen LogP) is 2.21. The maximum atomic E-state index is 10.1. The maximum absolute atomic E-state index is 10.1. The number of nitrogens with zero attached hydrogens (tertiary/aromatic N) is 2. The molecule has 1 N–H and O–H groups in total. The van der Waals surface area contributed by atoms with Crippen LogP contribution < -0.4 is 0 Å². The lowest BCUT2D eigenvalue weighted by Crippen LogP contribution is -2.30. The van der Waals surface area contributed by atoms with Crippen LogP contribution in [0.3, 0.4) is 0 Å². The van der Waals surface area contributed by atoms with E-state index in [1.165, 1.54) is 0 Å². The molecule has 5 heteroatoms. The van der Waals surface area contributed by atoms with Crippen molar-refractivity contribution in [3.05, 3.63) is 15.9 Å². The molecule has 0 saturated carbocycles. The number of hydrogen-bond donors (Lipinski definition) is 1. The number of hydrogen-bond acceptors (Lipinski definition) is 3. The van der Waals surface area contributed by atoms with Crippen molar-refractivity contribution in [1.82, 2.24) is 9.78 Å². The average molecular weight is 305 g/mol. The molecule has 0 amide bonds. The Bertz CT molecular complexity index is 388. The van der Waals surface area contributed by atoms with E-state index >= 15 is 0 Å². The average Bonchev–Trinajstić information content (AvgIpc) is 2.44. The normalized spacial score (nSPS) is 14.1. The first kappa shape index (κ1) is 14.7. The van der Waals surface area contributed by atoms with Gasteiger partial charge in [0, 0.05) is 27.0 Å². The van der Waals surface area contributed by atoms with Gasteiger partial charge in [-0.15, -0.1) is 0 Å². The molecule has 1 heterocycles. The van der Waals surface area contributed by atoms with Crippen molar-refractivity contribution in [2.45, 2.75) is 45.3 Å². The molecule has 0 spiro atoms. The van der Waals surface area contributed by atoms with E-state index in [1.54, 1.807) is 7.11 Å². The van der Waals surface area contributed by atoms with Crippen LogP contribution in [0.2, 0.25) is 0 Å². The Balaban J connectivity index is 2.71. The van der Waals surface area contributed by atoms with Crippen LogP contribution in [0.5, 0.6) is 0 Å². The van der Waals surface area contributed by atoms with E-state index in [2.05, 4.69) is 21.0 Å². The highest BCUT2D eigenvalue weighted by atomic mass is 79.9.